The van der Waals surface area contributed by atoms with Crippen LogP contribution in [0.25, 0.3) is 0 Å². The number of hydrazine groups is 1. The van der Waals surface area contributed by atoms with Gasteiger partial charge < -0.3 is 9.47 Å². The van der Waals surface area contributed by atoms with Gasteiger partial charge in [0.1, 0.15) is 11.5 Å². The van der Waals surface area contributed by atoms with Crippen molar-refractivity contribution in [3.05, 3.63) is 23.8 Å². The summed E-state index contributed by atoms with van der Waals surface area (Å²) in [5.41, 5.74) is 1.18. The number of rotatable bonds is 4. The van der Waals surface area contributed by atoms with Gasteiger partial charge in [0, 0.05) is 44.4 Å². The Morgan fingerprint density at radius 3 is 2.44 bits per heavy atom. The van der Waals surface area contributed by atoms with Gasteiger partial charge in [0.25, 0.3) is 0 Å². The number of piperazine rings is 1. The zero-order chi connectivity index (χ0) is 13.0. The highest BCUT2D eigenvalue weighted by molar-refractivity contribution is 5.40. The van der Waals surface area contributed by atoms with E-state index in [9.17, 15) is 0 Å². The van der Waals surface area contributed by atoms with Crippen molar-refractivity contribution in [2.24, 2.45) is 5.84 Å². The molecule has 0 amide bonds. The van der Waals surface area contributed by atoms with Gasteiger partial charge in [-0.2, -0.15) is 0 Å². The Morgan fingerprint density at radius 1 is 1.11 bits per heavy atom. The average Bonchev–Trinajstić information content (AvgIpc) is 2.41. The summed E-state index contributed by atoms with van der Waals surface area (Å²) in [6.07, 6.45) is 0. The van der Waals surface area contributed by atoms with Gasteiger partial charge in [-0.15, -0.1) is 0 Å². The van der Waals surface area contributed by atoms with E-state index in [-0.39, 0.29) is 0 Å². The first-order valence-electron chi connectivity index (χ1n) is 6.16. The quantitative estimate of drug-likeness (QED) is 0.798. The van der Waals surface area contributed by atoms with Gasteiger partial charge in [0.05, 0.1) is 14.2 Å². The van der Waals surface area contributed by atoms with Crippen LogP contribution < -0.4 is 15.3 Å². The first-order valence-corrected chi connectivity index (χ1v) is 6.16. The zero-order valence-corrected chi connectivity index (χ0v) is 11.1. The molecule has 0 aromatic heterocycles. The molecule has 0 radical (unpaired) electrons. The fraction of sp³-hybridized carbons (Fsp3) is 0.538. The maximum Gasteiger partial charge on any atom is 0.127 e. The SMILES string of the molecule is COc1ccc(CN2CCN(N)CC2)c(OC)c1. The first-order chi connectivity index (χ1) is 8.72. The van der Waals surface area contributed by atoms with Crippen molar-refractivity contribution in [1.82, 2.24) is 9.91 Å². The molecule has 0 saturated carbocycles. The molecule has 18 heavy (non-hydrogen) atoms. The molecule has 0 aliphatic carbocycles. The van der Waals surface area contributed by atoms with E-state index in [1.54, 1.807) is 14.2 Å². The van der Waals surface area contributed by atoms with E-state index in [1.165, 1.54) is 5.56 Å². The number of nitrogens with two attached hydrogens (primary N) is 1. The number of benzene rings is 1. The minimum absolute atomic E-state index is 0.822. The number of ether oxygens (including phenoxy) is 2. The van der Waals surface area contributed by atoms with Crippen molar-refractivity contribution >= 4 is 0 Å². The summed E-state index contributed by atoms with van der Waals surface area (Å²) in [7, 11) is 3.35. The summed E-state index contributed by atoms with van der Waals surface area (Å²) in [5.74, 6) is 7.45. The van der Waals surface area contributed by atoms with E-state index in [2.05, 4.69) is 11.0 Å². The number of hydrogen-bond acceptors (Lipinski definition) is 5. The third kappa shape index (κ3) is 3.13. The van der Waals surface area contributed by atoms with Crippen molar-refractivity contribution in [1.29, 1.82) is 0 Å². The predicted octanol–water partition coefficient (Wildman–Crippen LogP) is 0.695. The largest absolute Gasteiger partial charge is 0.497 e. The fourth-order valence-corrected chi connectivity index (χ4v) is 2.14. The molecular weight excluding hydrogens is 230 g/mol. The van der Waals surface area contributed by atoms with E-state index in [0.29, 0.717) is 0 Å². The van der Waals surface area contributed by atoms with Crippen LogP contribution in [0.4, 0.5) is 0 Å². The lowest BCUT2D eigenvalue weighted by atomic mass is 10.1. The van der Waals surface area contributed by atoms with Crippen LogP contribution in [0.1, 0.15) is 5.56 Å². The summed E-state index contributed by atoms with van der Waals surface area (Å²) in [6, 6.07) is 5.96. The number of nitrogens with zero attached hydrogens (tertiary/aromatic N) is 2. The predicted molar refractivity (Wildman–Crippen MR) is 70.6 cm³/mol. The molecule has 0 spiro atoms. The van der Waals surface area contributed by atoms with Gasteiger partial charge in [0.2, 0.25) is 0 Å². The van der Waals surface area contributed by atoms with Crippen molar-refractivity contribution < 1.29 is 9.47 Å². The van der Waals surface area contributed by atoms with Gasteiger partial charge in [-0.25, -0.2) is 5.01 Å². The highest BCUT2D eigenvalue weighted by atomic mass is 16.5. The van der Waals surface area contributed by atoms with Crippen LogP contribution in [0.15, 0.2) is 18.2 Å². The molecule has 2 N–H and O–H groups in total. The van der Waals surface area contributed by atoms with E-state index in [1.807, 2.05) is 17.1 Å². The van der Waals surface area contributed by atoms with Crippen LogP contribution in [0.5, 0.6) is 11.5 Å². The summed E-state index contributed by atoms with van der Waals surface area (Å²) in [5, 5.41) is 1.86. The Morgan fingerprint density at radius 2 is 1.83 bits per heavy atom. The highest BCUT2D eigenvalue weighted by Gasteiger charge is 2.16. The van der Waals surface area contributed by atoms with Crippen LogP contribution in [0.3, 0.4) is 0 Å². The lowest BCUT2D eigenvalue weighted by molar-refractivity contribution is 0.127. The maximum absolute atomic E-state index is 5.75. The topological polar surface area (TPSA) is 51.0 Å². The van der Waals surface area contributed by atoms with Crippen molar-refractivity contribution in [3.63, 3.8) is 0 Å². The lowest BCUT2D eigenvalue weighted by Gasteiger charge is -2.32. The average molecular weight is 251 g/mol. The monoisotopic (exact) mass is 251 g/mol. The van der Waals surface area contributed by atoms with Gasteiger partial charge in [-0.3, -0.25) is 10.7 Å². The summed E-state index contributed by atoms with van der Waals surface area (Å²) >= 11 is 0. The van der Waals surface area contributed by atoms with Gasteiger partial charge in [-0.1, -0.05) is 6.07 Å². The van der Waals surface area contributed by atoms with Crippen molar-refractivity contribution in [3.8, 4) is 11.5 Å². The molecule has 5 heteroatoms. The van der Waals surface area contributed by atoms with Gasteiger partial charge >= 0.3 is 0 Å². The maximum atomic E-state index is 5.75. The van der Waals surface area contributed by atoms with E-state index >= 15 is 0 Å². The molecule has 1 aromatic rings. The summed E-state index contributed by atoms with van der Waals surface area (Å²) in [4.78, 5) is 2.38. The third-order valence-electron chi connectivity index (χ3n) is 3.30. The Balaban J connectivity index is 2.04. The molecule has 2 rings (SSSR count). The van der Waals surface area contributed by atoms with Crippen LogP contribution in [0.2, 0.25) is 0 Å². The minimum atomic E-state index is 0.822. The van der Waals surface area contributed by atoms with Crippen LogP contribution in [-0.4, -0.2) is 50.3 Å². The fourth-order valence-electron chi connectivity index (χ4n) is 2.14. The zero-order valence-electron chi connectivity index (χ0n) is 11.1. The molecule has 0 bridgehead atoms. The van der Waals surface area contributed by atoms with Crippen LogP contribution in [-0.2, 0) is 6.54 Å². The van der Waals surface area contributed by atoms with Gasteiger partial charge in [-0.05, 0) is 6.07 Å². The van der Waals surface area contributed by atoms with Crippen molar-refractivity contribution in [2.45, 2.75) is 6.54 Å². The molecule has 0 unspecified atom stereocenters. The molecule has 100 valence electrons. The Hall–Kier alpha value is -1.30. The van der Waals surface area contributed by atoms with E-state index < -0.39 is 0 Å². The summed E-state index contributed by atoms with van der Waals surface area (Å²) in [6.45, 7) is 4.70. The normalized spacial score (nSPS) is 17.7. The molecule has 1 fully saturated rings. The second-order valence-corrected chi connectivity index (χ2v) is 4.49. The van der Waals surface area contributed by atoms with E-state index in [4.69, 9.17) is 15.3 Å². The second-order valence-electron chi connectivity index (χ2n) is 4.49. The Bertz CT molecular complexity index is 390. The second kappa shape index (κ2) is 6.04. The molecule has 1 aliphatic heterocycles. The van der Waals surface area contributed by atoms with Crippen LogP contribution in [0, 0.1) is 0 Å². The minimum Gasteiger partial charge on any atom is -0.497 e. The number of methoxy groups -OCH3 is 2. The van der Waals surface area contributed by atoms with Gasteiger partial charge in [0.15, 0.2) is 0 Å². The summed E-state index contributed by atoms with van der Waals surface area (Å²) < 4.78 is 10.6. The molecule has 1 heterocycles. The Kier molecular flexibility index (Phi) is 4.41. The molecular formula is C13H21N3O2. The number of hydrogen-bond donors (Lipinski definition) is 1. The first kappa shape index (κ1) is 13.1. The smallest absolute Gasteiger partial charge is 0.127 e. The van der Waals surface area contributed by atoms with E-state index in [0.717, 1.165) is 44.2 Å². The Labute approximate surface area is 108 Å². The molecule has 0 atom stereocenters. The van der Waals surface area contributed by atoms with Crippen LogP contribution >= 0.6 is 0 Å². The molecule has 1 saturated heterocycles. The molecule has 5 nitrogen and oxygen atoms in total. The lowest BCUT2D eigenvalue weighted by Crippen LogP contribution is -2.48. The molecule has 1 aliphatic rings. The molecule has 1 aromatic carbocycles. The van der Waals surface area contributed by atoms with Crippen molar-refractivity contribution in [2.75, 3.05) is 40.4 Å². The highest BCUT2D eigenvalue weighted by Crippen LogP contribution is 2.25. The third-order valence-corrected chi connectivity index (χ3v) is 3.30. The standard InChI is InChI=1S/C13H21N3O2/c1-17-12-4-3-11(13(9-12)18-2)10-15-5-7-16(14)8-6-15/h3-4,9H,5-8,10,14H2,1-2H3.